The summed E-state index contributed by atoms with van der Waals surface area (Å²) in [5, 5.41) is 2.93. The van der Waals surface area contributed by atoms with E-state index in [1.165, 1.54) is 10.6 Å². The van der Waals surface area contributed by atoms with Crippen LogP contribution < -0.4 is 27.3 Å². The molecular formula is C23H32FN5O4. The van der Waals surface area contributed by atoms with Gasteiger partial charge in [-0.3, -0.25) is 9.36 Å². The van der Waals surface area contributed by atoms with Gasteiger partial charge in [0.2, 0.25) is 0 Å². The summed E-state index contributed by atoms with van der Waals surface area (Å²) in [7, 11) is 0. The number of amides is 1. The number of nitrogens with zero attached hydrogens (tertiary/aromatic N) is 3. The zero-order valence-corrected chi connectivity index (χ0v) is 19.8. The largest absolute Gasteiger partial charge is 0.444 e. The number of nitrogens with two attached hydrogens (primary N) is 1. The summed E-state index contributed by atoms with van der Waals surface area (Å²) in [4.78, 5) is 39.4. The summed E-state index contributed by atoms with van der Waals surface area (Å²) in [6.07, 6.45) is 1.89. The highest BCUT2D eigenvalue weighted by molar-refractivity contribution is 5.87. The molecule has 33 heavy (non-hydrogen) atoms. The number of nitrogens with one attached hydrogen (secondary N) is 1. The molecule has 0 radical (unpaired) electrons. The van der Waals surface area contributed by atoms with Crippen LogP contribution in [0.5, 0.6) is 0 Å². The first-order valence-electron chi connectivity index (χ1n) is 11.3. The van der Waals surface area contributed by atoms with Crippen molar-refractivity contribution in [3.63, 3.8) is 0 Å². The molecule has 1 unspecified atom stereocenters. The summed E-state index contributed by atoms with van der Waals surface area (Å²) < 4.78 is 22.8. The number of anilines is 1. The predicted octanol–water partition coefficient (Wildman–Crippen LogP) is 2.40. The normalized spacial score (nSPS) is 21.0. The number of fused-ring (bicyclic) bond motifs is 1. The SMILES string of the molecule is Cc1c(N2CCC(C)(CNC(=O)OC(C)(C)C)C2)c(F)cc2c(=O)n(N)c(=O)n(C3CC3)c12. The molecule has 2 aliphatic rings. The molecule has 9 nitrogen and oxygen atoms in total. The number of carbonyl (C=O) groups excluding carboxylic acids is 1. The molecule has 3 N–H and O–H groups in total. The van der Waals surface area contributed by atoms with Gasteiger partial charge in [-0.15, -0.1) is 0 Å². The fourth-order valence-electron chi connectivity index (χ4n) is 4.68. The number of aromatic nitrogens is 2. The van der Waals surface area contributed by atoms with Crippen LogP contribution in [0.25, 0.3) is 10.9 Å². The molecule has 0 spiro atoms. The minimum absolute atomic E-state index is 0.0331. The van der Waals surface area contributed by atoms with Gasteiger partial charge in [-0.2, -0.15) is 4.68 Å². The summed E-state index contributed by atoms with van der Waals surface area (Å²) in [5.41, 5.74) is -0.774. The Kier molecular flexibility index (Phi) is 5.45. The minimum atomic E-state index is -0.701. The van der Waals surface area contributed by atoms with Crippen LogP contribution >= 0.6 is 0 Å². The Balaban J connectivity index is 1.66. The third-order valence-electron chi connectivity index (χ3n) is 6.41. The van der Waals surface area contributed by atoms with Crippen molar-refractivity contribution in [2.24, 2.45) is 5.41 Å². The molecule has 1 aromatic heterocycles. The van der Waals surface area contributed by atoms with E-state index in [-0.39, 0.29) is 16.8 Å². The Bertz CT molecular complexity index is 1240. The van der Waals surface area contributed by atoms with Crippen molar-refractivity contribution in [2.75, 3.05) is 30.4 Å². The zero-order chi connectivity index (χ0) is 24.3. The third kappa shape index (κ3) is 4.30. The summed E-state index contributed by atoms with van der Waals surface area (Å²) in [5.74, 6) is 5.17. The van der Waals surface area contributed by atoms with E-state index in [1.54, 1.807) is 27.7 Å². The summed E-state index contributed by atoms with van der Waals surface area (Å²) in [6, 6.07) is 1.16. The fourth-order valence-corrected chi connectivity index (χ4v) is 4.68. The molecule has 1 atom stereocenters. The first-order chi connectivity index (χ1) is 15.3. The van der Waals surface area contributed by atoms with Crippen LogP contribution in [0.2, 0.25) is 0 Å². The Labute approximate surface area is 191 Å². The monoisotopic (exact) mass is 461 g/mol. The van der Waals surface area contributed by atoms with Crippen LogP contribution in [-0.4, -0.2) is 40.6 Å². The molecule has 1 amide bonds. The predicted molar refractivity (Wildman–Crippen MR) is 125 cm³/mol. The highest BCUT2D eigenvalue weighted by atomic mass is 19.1. The number of benzene rings is 1. The number of carbonyl (C=O) groups is 1. The van der Waals surface area contributed by atoms with Crippen molar-refractivity contribution in [1.29, 1.82) is 0 Å². The fraction of sp³-hybridized carbons (Fsp3) is 0.609. The molecule has 1 saturated heterocycles. The maximum atomic E-state index is 15.3. The second-order valence-corrected chi connectivity index (χ2v) is 10.6. The minimum Gasteiger partial charge on any atom is -0.444 e. The molecule has 0 bridgehead atoms. The molecule has 4 rings (SSSR count). The number of halogens is 1. The van der Waals surface area contributed by atoms with Gasteiger partial charge in [0.05, 0.1) is 16.6 Å². The smallest absolute Gasteiger partial charge is 0.407 e. The Morgan fingerprint density at radius 3 is 2.61 bits per heavy atom. The molecule has 180 valence electrons. The zero-order valence-electron chi connectivity index (χ0n) is 19.8. The number of aryl methyl sites for hydroxylation is 1. The van der Waals surface area contributed by atoms with Crippen molar-refractivity contribution >= 4 is 22.7 Å². The summed E-state index contributed by atoms with van der Waals surface area (Å²) >= 11 is 0. The molecule has 1 aliphatic carbocycles. The molecule has 10 heteroatoms. The van der Waals surface area contributed by atoms with E-state index in [0.29, 0.717) is 41.1 Å². The van der Waals surface area contributed by atoms with Crippen molar-refractivity contribution in [1.82, 2.24) is 14.6 Å². The van der Waals surface area contributed by atoms with Gasteiger partial charge in [-0.25, -0.2) is 14.0 Å². The van der Waals surface area contributed by atoms with E-state index in [1.807, 2.05) is 11.8 Å². The van der Waals surface area contributed by atoms with Gasteiger partial charge in [-0.1, -0.05) is 6.92 Å². The van der Waals surface area contributed by atoms with Crippen LogP contribution in [0.15, 0.2) is 15.7 Å². The number of nitrogen functional groups attached to an aromatic ring is 1. The lowest BCUT2D eigenvalue weighted by molar-refractivity contribution is 0.0507. The van der Waals surface area contributed by atoms with E-state index in [9.17, 15) is 14.4 Å². The van der Waals surface area contributed by atoms with Crippen LogP contribution in [0.1, 0.15) is 58.6 Å². The number of alkyl carbamates (subject to hydrolysis) is 1. The molecule has 2 heterocycles. The quantitative estimate of drug-likeness (QED) is 0.677. The number of rotatable bonds is 4. The molecular weight excluding hydrogens is 429 g/mol. The standard InChI is InChI=1S/C23H32FN5O4/c1-13-17-15(19(30)29(25)21(32)28(17)14-6-7-14)10-16(24)18(13)27-9-8-23(5,12-27)11-26-20(31)33-22(2,3)4/h10,14H,6-9,11-12,25H2,1-5H3,(H,26,31). The van der Waals surface area contributed by atoms with E-state index < -0.39 is 28.8 Å². The van der Waals surface area contributed by atoms with Crippen molar-refractivity contribution in [3.05, 3.63) is 38.3 Å². The van der Waals surface area contributed by atoms with Gasteiger partial charge in [-0.05, 0) is 53.0 Å². The highest BCUT2D eigenvalue weighted by Gasteiger charge is 2.37. The van der Waals surface area contributed by atoms with Gasteiger partial charge in [0.15, 0.2) is 0 Å². The van der Waals surface area contributed by atoms with Crippen LogP contribution in [0.3, 0.4) is 0 Å². The first-order valence-corrected chi connectivity index (χ1v) is 11.3. The molecule has 1 aliphatic heterocycles. The maximum absolute atomic E-state index is 15.3. The van der Waals surface area contributed by atoms with E-state index in [2.05, 4.69) is 5.32 Å². The number of ether oxygens (including phenoxy) is 1. The lowest BCUT2D eigenvalue weighted by atomic mass is 9.90. The molecule has 2 aromatic rings. The van der Waals surface area contributed by atoms with Gasteiger partial charge in [0.25, 0.3) is 5.56 Å². The van der Waals surface area contributed by atoms with Gasteiger partial charge < -0.3 is 20.8 Å². The lowest BCUT2D eigenvalue weighted by Gasteiger charge is -2.28. The summed E-state index contributed by atoms with van der Waals surface area (Å²) in [6.45, 7) is 10.7. The first kappa shape index (κ1) is 23.1. The van der Waals surface area contributed by atoms with Crippen LogP contribution in [0, 0.1) is 18.2 Å². The van der Waals surface area contributed by atoms with Crippen molar-refractivity contribution in [3.8, 4) is 0 Å². The molecule has 2 fully saturated rings. The highest BCUT2D eigenvalue weighted by Crippen LogP contribution is 2.40. The van der Waals surface area contributed by atoms with E-state index in [0.717, 1.165) is 19.3 Å². The average molecular weight is 462 g/mol. The van der Waals surface area contributed by atoms with Crippen LogP contribution in [-0.2, 0) is 4.74 Å². The van der Waals surface area contributed by atoms with Gasteiger partial charge in [0.1, 0.15) is 11.4 Å². The number of hydrogen-bond donors (Lipinski definition) is 2. The topological polar surface area (TPSA) is 112 Å². The van der Waals surface area contributed by atoms with Gasteiger partial charge in [0, 0.05) is 36.7 Å². The molecule has 1 saturated carbocycles. The van der Waals surface area contributed by atoms with Crippen molar-refractivity contribution in [2.45, 2.75) is 65.5 Å². The second kappa shape index (κ2) is 7.78. The Morgan fingerprint density at radius 1 is 1.33 bits per heavy atom. The van der Waals surface area contributed by atoms with E-state index in [4.69, 9.17) is 10.6 Å². The Hall–Kier alpha value is -3.04. The van der Waals surface area contributed by atoms with Crippen LogP contribution in [0.4, 0.5) is 14.9 Å². The maximum Gasteiger partial charge on any atom is 0.407 e. The lowest BCUT2D eigenvalue weighted by Crippen LogP contribution is -2.45. The number of hydrogen-bond acceptors (Lipinski definition) is 6. The van der Waals surface area contributed by atoms with E-state index >= 15 is 4.39 Å². The van der Waals surface area contributed by atoms with Gasteiger partial charge >= 0.3 is 11.8 Å². The third-order valence-corrected chi connectivity index (χ3v) is 6.41. The molecule has 1 aromatic carbocycles. The average Bonchev–Trinajstić information content (AvgIpc) is 3.47. The Morgan fingerprint density at radius 2 is 2.00 bits per heavy atom. The second-order valence-electron chi connectivity index (χ2n) is 10.6. The van der Waals surface area contributed by atoms with Crippen molar-refractivity contribution < 1.29 is 13.9 Å².